The molecule has 6 heteroatoms. The number of rotatable bonds is 8. The second kappa shape index (κ2) is 13.0. The Morgan fingerprint density at radius 1 is 0.974 bits per heavy atom. The van der Waals surface area contributed by atoms with Gasteiger partial charge < -0.3 is 19.5 Å². The number of ether oxygens (including phenoxy) is 1. The Bertz CT molecular complexity index is 1240. The molecule has 3 aromatic carbocycles. The number of benzene rings is 3. The Kier molecular flexibility index (Phi) is 9.54. The van der Waals surface area contributed by atoms with Gasteiger partial charge in [-0.15, -0.1) is 0 Å². The highest BCUT2D eigenvalue weighted by Crippen LogP contribution is 2.49. The van der Waals surface area contributed by atoms with Gasteiger partial charge in [0.05, 0.1) is 6.61 Å². The van der Waals surface area contributed by atoms with Crippen LogP contribution in [0.3, 0.4) is 0 Å². The van der Waals surface area contributed by atoms with Crippen molar-refractivity contribution in [1.29, 1.82) is 0 Å². The molecule has 3 aromatic rings. The smallest absolute Gasteiger partial charge is 0.232 e. The molecule has 206 valence electrons. The predicted molar refractivity (Wildman–Crippen MR) is 156 cm³/mol. The van der Waals surface area contributed by atoms with Gasteiger partial charge in [0.15, 0.2) is 6.23 Å². The molecule has 0 saturated heterocycles. The van der Waals surface area contributed by atoms with Crippen LogP contribution in [-0.2, 0) is 20.9 Å². The van der Waals surface area contributed by atoms with E-state index < -0.39 is 6.23 Å². The number of aliphatic hydroxyl groups is 1. The normalized spacial score (nSPS) is 20.1. The number of hydrogen-bond donors (Lipinski definition) is 1. The third-order valence-electron chi connectivity index (χ3n) is 7.96. The standard InChI is InChI=1S/C31H36N2O3.C2H4O/c1-32(2)27-15-13-24(14-16-27)23-9-11-25(12-10-23)30(34)33(28-6-4-5-22(18-28)20-36-3)31(35)29-19-21-7-8-26(29)17-21;1-2-3/h4-6,9-16,18,21,26,29-30,34H,7-8,17,19-20H2,1-3H3;2H,1H3. The van der Waals surface area contributed by atoms with Crippen LogP contribution in [-0.4, -0.2) is 38.5 Å². The molecule has 1 N–H and O–H groups in total. The van der Waals surface area contributed by atoms with Crippen LogP contribution in [0.1, 0.15) is 50.0 Å². The Balaban J connectivity index is 0.00000112. The minimum absolute atomic E-state index is 0.0148. The topological polar surface area (TPSA) is 70.1 Å². The average molecular weight is 529 g/mol. The van der Waals surface area contributed by atoms with Gasteiger partial charge in [0.2, 0.25) is 5.91 Å². The van der Waals surface area contributed by atoms with E-state index in [-0.39, 0.29) is 11.8 Å². The summed E-state index contributed by atoms with van der Waals surface area (Å²) >= 11 is 0. The molecule has 39 heavy (non-hydrogen) atoms. The van der Waals surface area contributed by atoms with E-state index in [2.05, 4.69) is 29.2 Å². The Hall–Kier alpha value is -3.48. The van der Waals surface area contributed by atoms with Crippen molar-refractivity contribution in [3.05, 3.63) is 83.9 Å². The lowest BCUT2D eigenvalue weighted by atomic mass is 9.87. The molecule has 0 spiro atoms. The lowest BCUT2D eigenvalue weighted by molar-refractivity contribution is -0.126. The van der Waals surface area contributed by atoms with Crippen molar-refractivity contribution in [2.45, 2.75) is 45.4 Å². The first-order valence-corrected chi connectivity index (χ1v) is 13.7. The first kappa shape index (κ1) is 28.5. The van der Waals surface area contributed by atoms with E-state index in [4.69, 9.17) is 9.53 Å². The molecule has 2 aliphatic rings. The molecule has 1 amide bonds. The molecule has 0 heterocycles. The number of fused-ring (bicyclic) bond motifs is 2. The summed E-state index contributed by atoms with van der Waals surface area (Å²) in [6.45, 7) is 1.90. The summed E-state index contributed by atoms with van der Waals surface area (Å²) in [6.07, 6.45) is 4.13. The molecule has 2 saturated carbocycles. The van der Waals surface area contributed by atoms with E-state index in [9.17, 15) is 9.90 Å². The number of carbonyl (C=O) groups excluding carboxylic acids is 2. The highest BCUT2D eigenvalue weighted by molar-refractivity contribution is 5.96. The van der Waals surface area contributed by atoms with E-state index in [0.29, 0.717) is 29.7 Å². The fourth-order valence-corrected chi connectivity index (χ4v) is 6.03. The minimum Gasteiger partial charge on any atom is -0.380 e. The van der Waals surface area contributed by atoms with Gasteiger partial charge in [0, 0.05) is 44.1 Å². The Labute approximate surface area is 232 Å². The third kappa shape index (κ3) is 6.57. The van der Waals surface area contributed by atoms with Gasteiger partial charge in [-0.1, -0.05) is 55.0 Å². The third-order valence-corrected chi connectivity index (χ3v) is 7.96. The van der Waals surface area contributed by atoms with Gasteiger partial charge in [-0.25, -0.2) is 0 Å². The predicted octanol–water partition coefficient (Wildman–Crippen LogP) is 6.23. The molecule has 4 unspecified atom stereocenters. The summed E-state index contributed by atoms with van der Waals surface area (Å²) in [5, 5.41) is 11.6. The van der Waals surface area contributed by atoms with Crippen molar-refractivity contribution >= 4 is 23.6 Å². The van der Waals surface area contributed by atoms with Crippen molar-refractivity contribution < 1.29 is 19.4 Å². The highest BCUT2D eigenvalue weighted by Gasteiger charge is 2.45. The van der Waals surface area contributed by atoms with Crippen LogP contribution in [0.2, 0.25) is 0 Å². The fraction of sp³-hybridized carbons (Fsp3) is 0.394. The molecular formula is C33H40N2O4. The summed E-state index contributed by atoms with van der Waals surface area (Å²) in [5.74, 6) is 1.11. The summed E-state index contributed by atoms with van der Waals surface area (Å²) in [4.78, 5) is 26.4. The molecule has 2 aliphatic carbocycles. The number of aliphatic hydroxyl groups excluding tert-OH is 1. The summed E-state index contributed by atoms with van der Waals surface area (Å²) in [7, 11) is 5.72. The summed E-state index contributed by atoms with van der Waals surface area (Å²) in [5.41, 5.74) is 5.74. The molecule has 4 atom stereocenters. The van der Waals surface area contributed by atoms with Gasteiger partial charge >= 0.3 is 0 Å². The zero-order valence-electron chi connectivity index (χ0n) is 23.4. The molecule has 2 bridgehead atoms. The Morgan fingerprint density at radius 3 is 2.15 bits per heavy atom. The molecule has 6 nitrogen and oxygen atoms in total. The van der Waals surface area contributed by atoms with Gasteiger partial charge in [0.25, 0.3) is 0 Å². The number of methoxy groups -OCH3 is 1. The molecule has 2 fully saturated rings. The van der Waals surface area contributed by atoms with Crippen LogP contribution in [0.25, 0.3) is 11.1 Å². The first-order chi connectivity index (χ1) is 18.9. The minimum atomic E-state index is -1.06. The van der Waals surface area contributed by atoms with Crippen molar-refractivity contribution in [2.24, 2.45) is 17.8 Å². The van der Waals surface area contributed by atoms with Crippen molar-refractivity contribution in [3.8, 4) is 11.1 Å². The van der Waals surface area contributed by atoms with Gasteiger partial charge in [-0.05, 0) is 79.0 Å². The molecule has 0 radical (unpaired) electrons. The van der Waals surface area contributed by atoms with Gasteiger partial charge in [-0.2, -0.15) is 0 Å². The monoisotopic (exact) mass is 528 g/mol. The maximum Gasteiger partial charge on any atom is 0.232 e. The van der Waals surface area contributed by atoms with E-state index in [0.717, 1.165) is 47.9 Å². The van der Waals surface area contributed by atoms with Crippen LogP contribution in [0.15, 0.2) is 72.8 Å². The maximum absolute atomic E-state index is 13.9. The van der Waals surface area contributed by atoms with Crippen LogP contribution in [0.4, 0.5) is 11.4 Å². The van der Waals surface area contributed by atoms with Crippen molar-refractivity contribution in [2.75, 3.05) is 31.0 Å². The number of aldehydes is 1. The highest BCUT2D eigenvalue weighted by atomic mass is 16.5. The van der Waals surface area contributed by atoms with E-state index >= 15 is 0 Å². The van der Waals surface area contributed by atoms with Crippen molar-refractivity contribution in [1.82, 2.24) is 0 Å². The number of amides is 1. The lowest BCUT2D eigenvalue weighted by Gasteiger charge is -2.33. The first-order valence-electron chi connectivity index (χ1n) is 13.7. The van der Waals surface area contributed by atoms with Crippen LogP contribution < -0.4 is 9.80 Å². The quantitative estimate of drug-likeness (QED) is 0.277. The van der Waals surface area contributed by atoms with Crippen LogP contribution >= 0.6 is 0 Å². The molecule has 5 rings (SSSR count). The summed E-state index contributed by atoms with van der Waals surface area (Å²) in [6, 6.07) is 24.1. The van der Waals surface area contributed by atoms with Gasteiger partial charge in [-0.3, -0.25) is 9.69 Å². The van der Waals surface area contributed by atoms with Crippen LogP contribution in [0.5, 0.6) is 0 Å². The average Bonchev–Trinajstić information content (AvgIpc) is 3.58. The van der Waals surface area contributed by atoms with Crippen LogP contribution in [0, 0.1) is 17.8 Å². The number of nitrogens with zero attached hydrogens (tertiary/aromatic N) is 2. The zero-order chi connectivity index (χ0) is 27.9. The van der Waals surface area contributed by atoms with E-state index in [1.165, 1.54) is 13.3 Å². The molecule has 0 aliphatic heterocycles. The number of anilines is 2. The van der Waals surface area contributed by atoms with Crippen molar-refractivity contribution in [3.63, 3.8) is 0 Å². The second-order valence-electron chi connectivity index (χ2n) is 10.8. The number of carbonyl (C=O) groups is 2. The van der Waals surface area contributed by atoms with Gasteiger partial charge in [0.1, 0.15) is 6.29 Å². The SMILES string of the molecule is CC=O.COCc1cccc(N(C(=O)C2CC3CCC2C3)C(O)c2ccc(-c3ccc(N(C)C)cc3)cc2)c1. The molecular weight excluding hydrogens is 488 g/mol. The van der Waals surface area contributed by atoms with E-state index in [1.54, 1.807) is 12.0 Å². The fourth-order valence-electron chi connectivity index (χ4n) is 6.03. The molecule has 0 aromatic heterocycles. The Morgan fingerprint density at radius 2 is 1.62 bits per heavy atom. The maximum atomic E-state index is 13.9. The zero-order valence-corrected chi connectivity index (χ0v) is 23.4. The second-order valence-corrected chi connectivity index (χ2v) is 10.8. The van der Waals surface area contributed by atoms with E-state index in [1.807, 2.05) is 62.6 Å². The number of hydrogen-bond acceptors (Lipinski definition) is 5. The largest absolute Gasteiger partial charge is 0.380 e. The lowest BCUT2D eigenvalue weighted by Crippen LogP contribution is -2.41. The summed E-state index contributed by atoms with van der Waals surface area (Å²) < 4.78 is 5.32.